The number of hydrogen-bond acceptors (Lipinski definition) is 2. The van der Waals surface area contributed by atoms with E-state index in [1.807, 2.05) is 6.07 Å². The average molecular weight is 474 g/mol. The zero-order valence-electron chi connectivity index (χ0n) is 19.9. The number of piperidine rings is 2. The Morgan fingerprint density at radius 1 is 0.941 bits per heavy atom. The maximum absolute atomic E-state index is 14.8. The van der Waals surface area contributed by atoms with Gasteiger partial charge in [0.2, 0.25) is 0 Å². The van der Waals surface area contributed by atoms with E-state index in [2.05, 4.69) is 36.5 Å². The molecule has 0 bridgehead atoms. The van der Waals surface area contributed by atoms with Gasteiger partial charge in [0.15, 0.2) is 0 Å². The summed E-state index contributed by atoms with van der Waals surface area (Å²) in [5.41, 5.74) is 3.52. The average Bonchev–Trinajstić information content (AvgIpc) is 2.85. The molecule has 0 radical (unpaired) electrons. The minimum Gasteiger partial charge on any atom is -0.324 e. The second-order valence-corrected chi connectivity index (χ2v) is 9.69. The second-order valence-electron chi connectivity index (χ2n) is 9.69. The first-order valence-electron chi connectivity index (χ1n) is 12.3. The summed E-state index contributed by atoms with van der Waals surface area (Å²) >= 11 is 0. The number of aryl methyl sites for hydroxylation is 1. The number of hydrogen-bond donors (Lipinski definition) is 1. The molecule has 4 nitrogen and oxygen atoms in total. The van der Waals surface area contributed by atoms with Crippen molar-refractivity contribution in [2.75, 3.05) is 31.5 Å². The van der Waals surface area contributed by atoms with Crippen molar-refractivity contribution in [3.05, 3.63) is 65.0 Å². The van der Waals surface area contributed by atoms with Crippen LogP contribution in [0.2, 0.25) is 0 Å². The predicted molar refractivity (Wildman–Crippen MR) is 129 cm³/mol. The molecular formula is C27H34F3N3O. The molecule has 0 aliphatic carbocycles. The van der Waals surface area contributed by atoms with E-state index < -0.39 is 18.3 Å². The molecule has 1 N–H and O–H groups in total. The molecule has 2 aliphatic heterocycles. The summed E-state index contributed by atoms with van der Waals surface area (Å²) in [5, 5.41) is 2.84. The zero-order chi connectivity index (χ0) is 24.2. The lowest BCUT2D eigenvalue weighted by molar-refractivity contribution is 0.0227. The van der Waals surface area contributed by atoms with Gasteiger partial charge in [0.25, 0.3) is 6.43 Å². The van der Waals surface area contributed by atoms with Crippen LogP contribution in [0.5, 0.6) is 0 Å². The summed E-state index contributed by atoms with van der Waals surface area (Å²) in [6.07, 6.45) is 0.690. The molecule has 2 saturated heterocycles. The van der Waals surface area contributed by atoms with Crippen molar-refractivity contribution in [1.82, 2.24) is 9.80 Å². The van der Waals surface area contributed by atoms with Crippen LogP contribution in [0.15, 0.2) is 42.5 Å². The van der Waals surface area contributed by atoms with Crippen LogP contribution in [0.1, 0.15) is 61.1 Å². The number of likely N-dealkylation sites (tertiary alicyclic amines) is 2. The molecule has 1 unspecified atom stereocenters. The van der Waals surface area contributed by atoms with Crippen molar-refractivity contribution in [1.29, 1.82) is 0 Å². The number of benzene rings is 2. The van der Waals surface area contributed by atoms with Crippen molar-refractivity contribution in [3.63, 3.8) is 0 Å². The number of halogens is 3. The highest BCUT2D eigenvalue weighted by Crippen LogP contribution is 2.36. The van der Waals surface area contributed by atoms with Gasteiger partial charge in [0.05, 0.1) is 11.7 Å². The molecule has 2 aromatic carbocycles. The SMILES string of the molecule is Cc1ccc(C2CCN(C(=O)Nc3c(F)cccc3C3CCN(C(C)C(F)F)CC3)CC2)cc1. The Bertz CT molecular complexity index is 966. The number of anilines is 1. The maximum Gasteiger partial charge on any atom is 0.321 e. The quantitative estimate of drug-likeness (QED) is 0.547. The molecule has 4 rings (SSSR count). The second kappa shape index (κ2) is 10.8. The lowest BCUT2D eigenvalue weighted by atomic mass is 9.87. The zero-order valence-corrected chi connectivity index (χ0v) is 19.9. The minimum atomic E-state index is -2.38. The standard InChI is InChI=1S/C27H34F3N3O/c1-18-6-8-20(9-7-18)21-10-16-33(17-11-21)27(34)31-25-23(4-3-5-24(25)28)22-12-14-32(15-13-22)19(2)26(29)30/h3-9,19,21-22,26H,10-17H2,1-2H3,(H,31,34). The molecule has 2 aliphatic rings. The molecule has 7 heteroatoms. The number of para-hydroxylation sites is 1. The molecule has 34 heavy (non-hydrogen) atoms. The summed E-state index contributed by atoms with van der Waals surface area (Å²) in [7, 11) is 0. The molecule has 1 atom stereocenters. The number of nitrogens with zero attached hydrogens (tertiary/aromatic N) is 2. The molecule has 2 aromatic rings. The summed E-state index contributed by atoms with van der Waals surface area (Å²) in [6.45, 7) is 5.93. The molecule has 0 aromatic heterocycles. The Morgan fingerprint density at radius 3 is 2.18 bits per heavy atom. The van der Waals surface area contributed by atoms with E-state index in [-0.39, 0.29) is 17.6 Å². The predicted octanol–water partition coefficient (Wildman–Crippen LogP) is 6.38. The van der Waals surface area contributed by atoms with Crippen molar-refractivity contribution >= 4 is 11.7 Å². The molecule has 2 fully saturated rings. The van der Waals surface area contributed by atoms with Gasteiger partial charge in [-0.05, 0) is 81.6 Å². The normalized spacial score (nSPS) is 19.4. The first-order chi connectivity index (χ1) is 16.3. The largest absolute Gasteiger partial charge is 0.324 e. The molecular weight excluding hydrogens is 439 g/mol. The Kier molecular flexibility index (Phi) is 7.81. The van der Waals surface area contributed by atoms with Gasteiger partial charge in [0, 0.05) is 13.1 Å². The molecule has 2 amide bonds. The smallest absolute Gasteiger partial charge is 0.321 e. The van der Waals surface area contributed by atoms with E-state index >= 15 is 0 Å². The van der Waals surface area contributed by atoms with Gasteiger partial charge >= 0.3 is 6.03 Å². The van der Waals surface area contributed by atoms with Gasteiger partial charge in [-0.1, -0.05) is 42.0 Å². The van der Waals surface area contributed by atoms with Crippen LogP contribution < -0.4 is 5.32 Å². The lowest BCUT2D eigenvalue weighted by Crippen LogP contribution is -2.43. The fourth-order valence-electron chi connectivity index (χ4n) is 5.23. The number of alkyl halides is 2. The van der Waals surface area contributed by atoms with Gasteiger partial charge in [-0.2, -0.15) is 0 Å². The summed E-state index contributed by atoms with van der Waals surface area (Å²) in [4.78, 5) is 16.6. The van der Waals surface area contributed by atoms with Crippen LogP contribution in [-0.2, 0) is 0 Å². The monoisotopic (exact) mass is 473 g/mol. The van der Waals surface area contributed by atoms with Crippen LogP contribution in [0, 0.1) is 12.7 Å². The van der Waals surface area contributed by atoms with Crippen LogP contribution in [0.4, 0.5) is 23.7 Å². The summed E-state index contributed by atoms with van der Waals surface area (Å²) in [5.74, 6) is -0.00217. The highest BCUT2D eigenvalue weighted by atomic mass is 19.3. The van der Waals surface area contributed by atoms with Crippen molar-refractivity contribution in [3.8, 4) is 0 Å². The van der Waals surface area contributed by atoms with Crippen LogP contribution in [-0.4, -0.2) is 54.5 Å². The summed E-state index contributed by atoms with van der Waals surface area (Å²) in [6, 6.07) is 12.4. The molecule has 2 heterocycles. The third-order valence-corrected chi connectivity index (χ3v) is 7.52. The molecule has 0 spiro atoms. The third-order valence-electron chi connectivity index (χ3n) is 7.52. The first-order valence-corrected chi connectivity index (χ1v) is 12.3. The van der Waals surface area contributed by atoms with Gasteiger partial charge in [-0.3, -0.25) is 4.90 Å². The van der Waals surface area contributed by atoms with Crippen molar-refractivity contribution in [2.24, 2.45) is 0 Å². The maximum atomic E-state index is 14.8. The van der Waals surface area contributed by atoms with Crippen LogP contribution in [0.25, 0.3) is 0 Å². The van der Waals surface area contributed by atoms with E-state index in [0.717, 1.165) is 18.4 Å². The van der Waals surface area contributed by atoms with Crippen LogP contribution >= 0.6 is 0 Å². The third kappa shape index (κ3) is 5.57. The van der Waals surface area contributed by atoms with Gasteiger partial charge in [-0.15, -0.1) is 0 Å². The Hall–Kier alpha value is -2.54. The minimum absolute atomic E-state index is 0.0272. The number of carbonyl (C=O) groups is 1. The lowest BCUT2D eigenvalue weighted by Gasteiger charge is -2.36. The van der Waals surface area contributed by atoms with Crippen molar-refractivity contribution < 1.29 is 18.0 Å². The number of amides is 2. The molecule has 0 saturated carbocycles. The van der Waals surface area contributed by atoms with E-state index in [1.54, 1.807) is 22.8 Å². The van der Waals surface area contributed by atoms with Gasteiger partial charge in [0.1, 0.15) is 5.82 Å². The molecule has 184 valence electrons. The van der Waals surface area contributed by atoms with E-state index in [1.165, 1.54) is 17.2 Å². The number of carbonyl (C=O) groups excluding carboxylic acids is 1. The Balaban J connectivity index is 1.38. The van der Waals surface area contributed by atoms with E-state index in [0.29, 0.717) is 44.9 Å². The van der Waals surface area contributed by atoms with Crippen molar-refractivity contribution in [2.45, 2.75) is 63.8 Å². The topological polar surface area (TPSA) is 35.6 Å². The Labute approximate surface area is 200 Å². The fraction of sp³-hybridized carbons (Fsp3) is 0.519. The fourth-order valence-corrected chi connectivity index (χ4v) is 5.23. The van der Waals surface area contributed by atoms with E-state index in [4.69, 9.17) is 0 Å². The highest BCUT2D eigenvalue weighted by molar-refractivity contribution is 5.90. The van der Waals surface area contributed by atoms with E-state index in [9.17, 15) is 18.0 Å². The van der Waals surface area contributed by atoms with Crippen LogP contribution in [0.3, 0.4) is 0 Å². The Morgan fingerprint density at radius 2 is 1.56 bits per heavy atom. The number of nitrogens with one attached hydrogen (secondary N) is 1. The summed E-state index contributed by atoms with van der Waals surface area (Å²) < 4.78 is 40.9. The number of rotatable bonds is 5. The number of urea groups is 1. The van der Waals surface area contributed by atoms with Gasteiger partial charge in [-0.25, -0.2) is 18.0 Å². The highest BCUT2D eigenvalue weighted by Gasteiger charge is 2.30. The van der Waals surface area contributed by atoms with Gasteiger partial charge < -0.3 is 10.2 Å². The first kappa shape index (κ1) is 24.6.